The third-order valence-electron chi connectivity index (χ3n) is 10.4. The number of hydrogen-bond acceptors (Lipinski definition) is 8. The number of benzene rings is 4. The van der Waals surface area contributed by atoms with Gasteiger partial charge in [0.25, 0.3) is 10.0 Å². The summed E-state index contributed by atoms with van der Waals surface area (Å²) in [6.07, 6.45) is 4.22. The van der Waals surface area contributed by atoms with Gasteiger partial charge >= 0.3 is 6.09 Å². The van der Waals surface area contributed by atoms with Gasteiger partial charge in [-0.1, -0.05) is 37.3 Å². The minimum absolute atomic E-state index is 0.0413. The number of aliphatic hydroxyl groups is 1. The molecule has 0 radical (unpaired) electrons. The van der Waals surface area contributed by atoms with Crippen molar-refractivity contribution < 1.29 is 36.2 Å². The minimum Gasteiger partial charge on any atom is -0.445 e. The second-order valence-corrected chi connectivity index (χ2v) is 15.5. The number of aromatic nitrogens is 2. The highest BCUT2D eigenvalue weighted by Crippen LogP contribution is 2.38. The summed E-state index contributed by atoms with van der Waals surface area (Å²) in [6.45, 7) is 2.10. The molecule has 0 saturated heterocycles. The predicted molar refractivity (Wildman–Crippen MR) is 199 cm³/mol. The molecule has 3 N–H and O–H groups in total. The van der Waals surface area contributed by atoms with Gasteiger partial charge in [-0.25, -0.2) is 36.4 Å². The third kappa shape index (κ3) is 7.58. The average Bonchev–Trinajstić information content (AvgIpc) is 3.54. The second kappa shape index (κ2) is 15.3. The first kappa shape index (κ1) is 37.1. The Morgan fingerprint density at radius 3 is 2.50 bits per heavy atom. The summed E-state index contributed by atoms with van der Waals surface area (Å²) < 4.78 is 80.4. The van der Waals surface area contributed by atoms with Crippen molar-refractivity contribution >= 4 is 38.7 Å². The molecule has 1 aromatic heterocycles. The molecule has 282 valence electrons. The number of nitrogens with one attached hydrogen (secondary N) is 2. The Balaban J connectivity index is 1.06. The van der Waals surface area contributed by atoms with E-state index in [9.17, 15) is 22.7 Å². The molecular weight excluding hydrogens is 720 g/mol. The number of ether oxygens (including phenoxy) is 1. The molecule has 14 heteroatoms. The van der Waals surface area contributed by atoms with E-state index < -0.39 is 49.7 Å². The van der Waals surface area contributed by atoms with Gasteiger partial charge in [0.2, 0.25) is 5.95 Å². The van der Waals surface area contributed by atoms with Gasteiger partial charge in [0.05, 0.1) is 27.8 Å². The van der Waals surface area contributed by atoms with E-state index in [4.69, 9.17) is 9.72 Å². The van der Waals surface area contributed by atoms with Crippen molar-refractivity contribution in [3.05, 3.63) is 113 Å². The molecule has 1 unspecified atom stereocenters. The number of aryl methyl sites for hydroxylation is 1. The van der Waals surface area contributed by atoms with Crippen LogP contribution in [0.3, 0.4) is 0 Å². The van der Waals surface area contributed by atoms with Gasteiger partial charge in [0, 0.05) is 30.7 Å². The molecule has 10 nitrogen and oxygen atoms in total. The van der Waals surface area contributed by atoms with E-state index in [1.807, 2.05) is 37.3 Å². The van der Waals surface area contributed by atoms with Crippen molar-refractivity contribution in [3.8, 4) is 11.1 Å². The van der Waals surface area contributed by atoms with Crippen molar-refractivity contribution in [3.63, 3.8) is 0 Å². The predicted octanol–water partition coefficient (Wildman–Crippen LogP) is 8.05. The van der Waals surface area contributed by atoms with E-state index in [2.05, 4.69) is 15.0 Å². The lowest BCUT2D eigenvalue weighted by Crippen LogP contribution is -2.41. The molecule has 5 aromatic rings. The third-order valence-corrected chi connectivity index (χ3v) is 11.8. The van der Waals surface area contributed by atoms with Crippen molar-refractivity contribution in [2.75, 3.05) is 17.1 Å². The Bertz CT molecular complexity index is 2320. The molecule has 4 aromatic carbocycles. The lowest BCUT2D eigenvalue weighted by molar-refractivity contribution is 0.0827. The summed E-state index contributed by atoms with van der Waals surface area (Å²) in [5, 5.41) is 14.1. The van der Waals surface area contributed by atoms with Crippen molar-refractivity contribution in [2.45, 2.75) is 81.6 Å². The van der Waals surface area contributed by atoms with Gasteiger partial charge in [0.1, 0.15) is 18.2 Å². The number of anilines is 2. The van der Waals surface area contributed by atoms with Crippen LogP contribution in [-0.4, -0.2) is 53.6 Å². The topological polar surface area (TPSA) is 134 Å². The Labute approximate surface area is 311 Å². The Morgan fingerprint density at radius 2 is 1.76 bits per heavy atom. The number of nitrogens with zero attached hydrogens (tertiary/aromatic N) is 3. The summed E-state index contributed by atoms with van der Waals surface area (Å²) in [5.41, 5.74) is 1.87. The Morgan fingerprint density at radius 1 is 1.00 bits per heavy atom. The monoisotopic (exact) mass is 759 g/mol. The number of carbonyl (C=O) groups is 1. The fraction of sp³-hybridized carbons (Fsp3) is 0.325. The maximum Gasteiger partial charge on any atom is 0.410 e. The van der Waals surface area contributed by atoms with Gasteiger partial charge < -0.3 is 20.1 Å². The largest absolute Gasteiger partial charge is 0.445 e. The summed E-state index contributed by atoms with van der Waals surface area (Å²) in [4.78, 5) is 23.2. The van der Waals surface area contributed by atoms with E-state index in [-0.39, 0.29) is 54.3 Å². The fourth-order valence-electron chi connectivity index (χ4n) is 7.43. The molecule has 1 fully saturated rings. The first-order chi connectivity index (χ1) is 25.9. The number of amides is 1. The number of hydrogen-bond donors (Lipinski definition) is 3. The average molecular weight is 760 g/mol. The number of fused-ring (bicyclic) bond motifs is 2. The molecule has 54 heavy (non-hydrogen) atoms. The lowest BCUT2D eigenvalue weighted by atomic mass is 9.90. The van der Waals surface area contributed by atoms with Crippen LogP contribution >= 0.6 is 0 Å². The van der Waals surface area contributed by atoms with Crippen LogP contribution in [0.25, 0.3) is 22.0 Å². The lowest BCUT2D eigenvalue weighted by Gasteiger charge is -2.34. The molecule has 0 spiro atoms. The molecule has 7 rings (SSSR count). The number of aliphatic hydroxyl groups excluding tert-OH is 1. The standard InChI is InChI=1S/C40H40F3N5O5S/c1-3-24-17-25(36-32(42)14-15-33(37(36)43)47-54(51,52)35-20-27(41)19-31-30(35)13-16-34(31)49)18-26-21-44-39(46-38(24)26)45-28-9-11-29(12-10-28)48(2)40(50)53-22-23-7-5-4-6-8-23/h4-8,14-15,17-21,28-29,34,47,49H,3,9-13,16,22H2,1-2H3,(H,44,45,46). The van der Waals surface area contributed by atoms with Gasteiger partial charge in [0.15, 0.2) is 5.82 Å². The van der Waals surface area contributed by atoms with Gasteiger partial charge in [-0.2, -0.15) is 0 Å². The zero-order valence-electron chi connectivity index (χ0n) is 29.8. The zero-order valence-corrected chi connectivity index (χ0v) is 30.6. The Hall–Kier alpha value is -5.21. The highest BCUT2D eigenvalue weighted by Gasteiger charge is 2.31. The van der Waals surface area contributed by atoms with Gasteiger partial charge in [-0.15, -0.1) is 0 Å². The first-order valence-corrected chi connectivity index (χ1v) is 19.4. The summed E-state index contributed by atoms with van der Waals surface area (Å²) >= 11 is 0. The van der Waals surface area contributed by atoms with E-state index in [0.29, 0.717) is 28.8 Å². The quantitative estimate of drug-likeness (QED) is 0.130. The van der Waals surface area contributed by atoms with Crippen molar-refractivity contribution in [1.82, 2.24) is 14.9 Å². The molecule has 0 bridgehead atoms. The maximum atomic E-state index is 16.1. The van der Waals surface area contributed by atoms with Crippen molar-refractivity contribution in [2.24, 2.45) is 0 Å². The molecule has 1 heterocycles. The zero-order chi connectivity index (χ0) is 38.1. The highest BCUT2D eigenvalue weighted by atomic mass is 32.2. The second-order valence-electron chi connectivity index (χ2n) is 13.8. The van der Waals surface area contributed by atoms with E-state index in [0.717, 1.165) is 55.5 Å². The van der Waals surface area contributed by atoms with Crippen LogP contribution in [-0.2, 0) is 34.2 Å². The number of carbonyl (C=O) groups excluding carboxylic acids is 1. The number of rotatable bonds is 10. The van der Waals surface area contributed by atoms with Crippen LogP contribution in [0, 0.1) is 17.5 Å². The van der Waals surface area contributed by atoms with Crippen LogP contribution in [0.4, 0.5) is 29.6 Å². The van der Waals surface area contributed by atoms with E-state index in [1.54, 1.807) is 30.3 Å². The fourth-order valence-corrected chi connectivity index (χ4v) is 8.80. The minimum atomic E-state index is -4.52. The van der Waals surface area contributed by atoms with Crippen LogP contribution in [0.1, 0.15) is 67.4 Å². The van der Waals surface area contributed by atoms with Crippen LogP contribution in [0.2, 0.25) is 0 Å². The smallest absolute Gasteiger partial charge is 0.410 e. The van der Waals surface area contributed by atoms with Crippen LogP contribution in [0.5, 0.6) is 0 Å². The van der Waals surface area contributed by atoms with E-state index >= 15 is 8.78 Å². The molecule has 2 aliphatic rings. The molecule has 0 aliphatic heterocycles. The van der Waals surface area contributed by atoms with E-state index in [1.165, 1.54) is 0 Å². The number of sulfonamides is 1. The summed E-state index contributed by atoms with van der Waals surface area (Å²) in [5.74, 6) is -2.49. The molecule has 1 saturated carbocycles. The van der Waals surface area contributed by atoms with Gasteiger partial charge in [-0.05, 0) is 109 Å². The first-order valence-electron chi connectivity index (χ1n) is 17.9. The molecule has 1 amide bonds. The highest BCUT2D eigenvalue weighted by molar-refractivity contribution is 7.92. The molecule has 2 aliphatic carbocycles. The maximum absolute atomic E-state index is 16.1. The van der Waals surface area contributed by atoms with Crippen LogP contribution < -0.4 is 10.0 Å². The Kier molecular flexibility index (Phi) is 10.5. The normalized spacial score (nSPS) is 18.3. The number of halogens is 3. The molecular formula is C40H40F3N5O5S. The summed E-state index contributed by atoms with van der Waals surface area (Å²) in [7, 11) is -2.76. The SMILES string of the molecule is CCc1cc(-c2c(F)ccc(NS(=O)(=O)c3cc(F)cc4c3CCC4O)c2F)cc2cnc(NC3CCC(N(C)C(=O)OCc4ccccc4)CC3)nc12. The van der Waals surface area contributed by atoms with Gasteiger partial charge in [-0.3, -0.25) is 4.72 Å². The van der Waals surface area contributed by atoms with Crippen LogP contribution in [0.15, 0.2) is 77.8 Å². The molecule has 1 atom stereocenters. The van der Waals surface area contributed by atoms with Crippen molar-refractivity contribution in [1.29, 1.82) is 0 Å². The summed E-state index contributed by atoms with van der Waals surface area (Å²) in [6, 6.07) is 16.7.